The fourth-order valence-corrected chi connectivity index (χ4v) is 3.62. The molecule has 2 aromatic carbocycles. The highest BCUT2D eigenvalue weighted by Crippen LogP contribution is 2.36. The third kappa shape index (κ3) is 5.95. The highest BCUT2D eigenvalue weighted by molar-refractivity contribution is 5.66. The Morgan fingerprint density at radius 2 is 1.72 bits per heavy atom. The van der Waals surface area contributed by atoms with Crippen LogP contribution in [0.2, 0.25) is 0 Å². The first-order valence-corrected chi connectivity index (χ1v) is 9.75. The molecular weight excluding hydrogens is 368 g/mol. The lowest BCUT2D eigenvalue weighted by Crippen LogP contribution is -2.67. The highest BCUT2D eigenvalue weighted by atomic mass is 16.5. The third-order valence-electron chi connectivity index (χ3n) is 5.36. The van der Waals surface area contributed by atoms with Gasteiger partial charge in [0.1, 0.15) is 5.75 Å². The van der Waals surface area contributed by atoms with E-state index in [0.717, 1.165) is 16.9 Å². The van der Waals surface area contributed by atoms with Gasteiger partial charge in [-0.25, -0.2) is 4.79 Å². The number of aliphatic hydroxyl groups excluding tert-OH is 1. The normalized spacial score (nSPS) is 14.7. The van der Waals surface area contributed by atoms with Gasteiger partial charge in [0.15, 0.2) is 0 Å². The number of carboxylic acid groups (broad SMARTS) is 1. The second-order valence-corrected chi connectivity index (χ2v) is 8.31. The summed E-state index contributed by atoms with van der Waals surface area (Å²) in [5.41, 5.74) is 0.384. The number of rotatable bonds is 9. The molecule has 0 aromatic heterocycles. The fourth-order valence-electron chi connectivity index (χ4n) is 3.62. The molecule has 6 nitrogen and oxygen atoms in total. The van der Waals surface area contributed by atoms with Gasteiger partial charge in [-0.15, -0.1) is 0 Å². The zero-order valence-electron chi connectivity index (χ0n) is 17.6. The molecule has 1 amide bonds. The molecule has 0 spiro atoms. The molecule has 29 heavy (non-hydrogen) atoms. The van der Waals surface area contributed by atoms with E-state index in [2.05, 4.69) is 10.6 Å². The van der Waals surface area contributed by atoms with E-state index in [1.54, 1.807) is 7.11 Å². The van der Waals surface area contributed by atoms with Crippen molar-refractivity contribution in [1.82, 2.24) is 10.6 Å². The zero-order chi connectivity index (χ0) is 21.5. The minimum Gasteiger partial charge on any atom is -0.497 e. The van der Waals surface area contributed by atoms with E-state index in [9.17, 15) is 15.0 Å². The van der Waals surface area contributed by atoms with Gasteiger partial charge in [0.05, 0.1) is 18.8 Å². The smallest absolute Gasteiger partial charge is 0.405 e. The molecule has 0 aliphatic carbocycles. The van der Waals surface area contributed by atoms with E-state index >= 15 is 0 Å². The van der Waals surface area contributed by atoms with Crippen LogP contribution >= 0.6 is 0 Å². The van der Waals surface area contributed by atoms with Crippen molar-refractivity contribution in [2.75, 3.05) is 13.7 Å². The van der Waals surface area contributed by atoms with Crippen LogP contribution in [0.4, 0.5) is 4.79 Å². The Kier molecular flexibility index (Phi) is 7.65. The lowest BCUT2D eigenvalue weighted by Gasteiger charge is -2.48. The third-order valence-corrected chi connectivity index (χ3v) is 5.36. The number of carbonyl (C=O) groups is 1. The van der Waals surface area contributed by atoms with Crippen LogP contribution in [0.1, 0.15) is 31.9 Å². The van der Waals surface area contributed by atoms with E-state index in [0.29, 0.717) is 13.0 Å². The summed E-state index contributed by atoms with van der Waals surface area (Å²) in [6, 6.07) is 17.3. The number of methoxy groups -OCH3 is 1. The Balaban J connectivity index is 2.20. The van der Waals surface area contributed by atoms with Crippen LogP contribution in [-0.2, 0) is 13.0 Å². The monoisotopic (exact) mass is 400 g/mol. The van der Waals surface area contributed by atoms with Crippen molar-refractivity contribution in [3.05, 3.63) is 65.7 Å². The molecule has 2 rings (SSSR count). The molecule has 0 fully saturated rings. The molecule has 0 saturated carbocycles. The van der Waals surface area contributed by atoms with Crippen molar-refractivity contribution < 1.29 is 19.7 Å². The summed E-state index contributed by atoms with van der Waals surface area (Å²) in [5, 5.41) is 26.6. The number of hydrogen-bond acceptors (Lipinski definition) is 4. The second-order valence-electron chi connectivity index (χ2n) is 8.31. The number of ether oxygens (including phenoxy) is 1. The van der Waals surface area contributed by atoms with Crippen molar-refractivity contribution in [2.45, 2.75) is 45.4 Å². The number of hydrogen-bond donors (Lipinski definition) is 4. The van der Waals surface area contributed by atoms with Crippen LogP contribution in [0, 0.1) is 5.41 Å². The Morgan fingerprint density at radius 3 is 2.31 bits per heavy atom. The predicted octanol–water partition coefficient (Wildman–Crippen LogP) is 3.44. The molecule has 0 unspecified atom stereocenters. The summed E-state index contributed by atoms with van der Waals surface area (Å²) in [5.74, 6) is 0.769. The number of aliphatic hydroxyl groups is 1. The summed E-state index contributed by atoms with van der Waals surface area (Å²) in [4.78, 5) is 11.7. The average molecular weight is 401 g/mol. The van der Waals surface area contributed by atoms with Gasteiger partial charge in [0.25, 0.3) is 0 Å². The maximum atomic E-state index is 11.7. The lowest BCUT2D eigenvalue weighted by molar-refractivity contribution is -0.00886. The first kappa shape index (κ1) is 22.7. The largest absolute Gasteiger partial charge is 0.497 e. The lowest BCUT2D eigenvalue weighted by atomic mass is 9.66. The summed E-state index contributed by atoms with van der Waals surface area (Å²) in [6.45, 7) is 6.60. The van der Waals surface area contributed by atoms with Gasteiger partial charge in [-0.1, -0.05) is 63.2 Å². The van der Waals surface area contributed by atoms with Gasteiger partial charge in [-0.2, -0.15) is 0 Å². The van der Waals surface area contributed by atoms with Crippen molar-refractivity contribution >= 4 is 6.09 Å². The SMILES string of the molecule is COc1cccc(CNC[C@@H](O)[C@@](Cc2ccccc2)(NC(=O)O)C(C)(C)C)c1. The van der Waals surface area contributed by atoms with Crippen LogP contribution in [0.5, 0.6) is 5.75 Å². The molecule has 0 saturated heterocycles. The minimum atomic E-state index is -1.15. The zero-order valence-corrected chi connectivity index (χ0v) is 17.6. The highest BCUT2D eigenvalue weighted by Gasteiger charge is 2.48. The maximum absolute atomic E-state index is 11.7. The molecule has 2 aromatic rings. The summed E-state index contributed by atoms with van der Waals surface area (Å²) in [7, 11) is 1.62. The summed E-state index contributed by atoms with van der Waals surface area (Å²) in [6.07, 6.45) is -1.71. The quantitative estimate of drug-likeness (QED) is 0.518. The molecule has 0 heterocycles. The molecule has 158 valence electrons. The van der Waals surface area contributed by atoms with Gasteiger partial charge >= 0.3 is 6.09 Å². The van der Waals surface area contributed by atoms with Crippen LogP contribution in [0.15, 0.2) is 54.6 Å². The topological polar surface area (TPSA) is 90.8 Å². The number of amides is 1. The van der Waals surface area contributed by atoms with Gasteiger partial charge in [-0.05, 0) is 35.1 Å². The van der Waals surface area contributed by atoms with E-state index < -0.39 is 23.2 Å². The van der Waals surface area contributed by atoms with Crippen molar-refractivity contribution in [2.24, 2.45) is 5.41 Å². The number of nitrogens with one attached hydrogen (secondary N) is 2. The van der Waals surface area contributed by atoms with Crippen molar-refractivity contribution in [1.29, 1.82) is 0 Å². The Bertz CT molecular complexity index is 789. The van der Waals surface area contributed by atoms with E-state index in [4.69, 9.17) is 4.74 Å². The molecule has 2 atom stereocenters. The Labute approximate surface area is 172 Å². The molecule has 0 radical (unpaired) electrons. The Hall–Kier alpha value is -2.57. The predicted molar refractivity (Wildman–Crippen MR) is 114 cm³/mol. The standard InChI is InChI=1S/C23H32N2O4/c1-22(2,3)23(25-21(27)28,14-17-9-6-5-7-10-17)20(26)16-24-15-18-11-8-12-19(13-18)29-4/h5-13,20,24-26H,14-16H2,1-4H3,(H,27,28)/t20-,23-/m1/s1. The van der Waals surface area contributed by atoms with Crippen LogP contribution < -0.4 is 15.4 Å². The molecule has 0 aliphatic heterocycles. The molecule has 0 aliphatic rings. The van der Waals surface area contributed by atoms with Gasteiger partial charge in [-0.3, -0.25) is 0 Å². The molecule has 6 heteroatoms. The molecular formula is C23H32N2O4. The van der Waals surface area contributed by atoms with Crippen LogP contribution in [-0.4, -0.2) is 41.6 Å². The maximum Gasteiger partial charge on any atom is 0.405 e. The van der Waals surface area contributed by atoms with Gasteiger partial charge in [0, 0.05) is 13.1 Å². The van der Waals surface area contributed by atoms with E-state index in [1.165, 1.54) is 0 Å². The van der Waals surface area contributed by atoms with E-state index in [-0.39, 0.29) is 6.54 Å². The average Bonchev–Trinajstić information content (AvgIpc) is 2.67. The minimum absolute atomic E-state index is 0.238. The van der Waals surface area contributed by atoms with Crippen molar-refractivity contribution in [3.63, 3.8) is 0 Å². The van der Waals surface area contributed by atoms with Gasteiger partial charge < -0.3 is 25.6 Å². The van der Waals surface area contributed by atoms with Gasteiger partial charge in [0.2, 0.25) is 0 Å². The summed E-state index contributed by atoms with van der Waals surface area (Å²) >= 11 is 0. The summed E-state index contributed by atoms with van der Waals surface area (Å²) < 4.78 is 5.24. The van der Waals surface area contributed by atoms with Crippen molar-refractivity contribution in [3.8, 4) is 5.75 Å². The number of benzene rings is 2. The van der Waals surface area contributed by atoms with Crippen LogP contribution in [0.3, 0.4) is 0 Å². The van der Waals surface area contributed by atoms with Crippen LogP contribution in [0.25, 0.3) is 0 Å². The fraction of sp³-hybridized carbons (Fsp3) is 0.435. The Morgan fingerprint density at radius 1 is 1.07 bits per heavy atom. The van der Waals surface area contributed by atoms with E-state index in [1.807, 2.05) is 75.4 Å². The second kappa shape index (κ2) is 9.76. The first-order chi connectivity index (χ1) is 13.7. The molecule has 4 N–H and O–H groups in total. The molecule has 0 bridgehead atoms. The first-order valence-electron chi connectivity index (χ1n) is 9.75.